The van der Waals surface area contributed by atoms with Gasteiger partial charge in [0, 0.05) is 49.6 Å². The first-order valence-electron chi connectivity index (χ1n) is 10.0. The van der Waals surface area contributed by atoms with Gasteiger partial charge in [-0.1, -0.05) is 12.5 Å². The van der Waals surface area contributed by atoms with Gasteiger partial charge in [0.15, 0.2) is 5.82 Å². The molecule has 2 N–H and O–H groups in total. The monoisotopic (exact) mass is 404 g/mol. The van der Waals surface area contributed by atoms with E-state index in [2.05, 4.69) is 15.5 Å². The molecule has 152 valence electrons. The summed E-state index contributed by atoms with van der Waals surface area (Å²) in [6.07, 6.45) is 4.65. The van der Waals surface area contributed by atoms with Crippen molar-refractivity contribution in [1.29, 1.82) is 0 Å². The minimum absolute atomic E-state index is 0.274. The van der Waals surface area contributed by atoms with Crippen molar-refractivity contribution in [2.24, 2.45) is 0 Å². The Kier molecular flexibility index (Phi) is 5.65. The molecule has 0 atom stereocenters. The van der Waals surface area contributed by atoms with Crippen molar-refractivity contribution < 1.29 is 8.42 Å². The van der Waals surface area contributed by atoms with Crippen molar-refractivity contribution >= 4 is 21.8 Å². The van der Waals surface area contributed by atoms with Crippen LogP contribution < -0.4 is 5.32 Å². The smallest absolute Gasteiger partial charge is 0.281 e. The summed E-state index contributed by atoms with van der Waals surface area (Å²) in [5.74, 6) is 1.77. The number of aryl methyl sites for hydroxylation is 1. The van der Waals surface area contributed by atoms with E-state index < -0.39 is 10.2 Å². The second kappa shape index (κ2) is 8.18. The van der Waals surface area contributed by atoms with Crippen LogP contribution in [0.3, 0.4) is 0 Å². The van der Waals surface area contributed by atoms with Crippen molar-refractivity contribution in [3.8, 4) is 0 Å². The number of aromatic nitrogens is 3. The van der Waals surface area contributed by atoms with Gasteiger partial charge in [-0.15, -0.1) is 0 Å². The highest BCUT2D eigenvalue weighted by Gasteiger charge is 2.34. The molecule has 9 heteroatoms. The first-order chi connectivity index (χ1) is 13.5. The molecular weight excluding hydrogens is 376 g/mol. The van der Waals surface area contributed by atoms with Gasteiger partial charge in [0.1, 0.15) is 5.82 Å². The standard InChI is InChI=1S/C19H28N6O2S/c1-15-14-19(23-22-15)21-18-7-5-6-17(20-18)16-8-12-25(13-9-16)28(26,27)24-10-3-2-4-11-24/h5-7,14,16H,2-4,8-13H2,1H3,(H2,20,21,22,23). The zero-order valence-electron chi connectivity index (χ0n) is 16.3. The summed E-state index contributed by atoms with van der Waals surface area (Å²) in [5, 5.41) is 10.3. The number of H-pyrrole nitrogens is 1. The number of aromatic amines is 1. The van der Waals surface area contributed by atoms with Crippen LogP contribution in [-0.4, -0.2) is 58.4 Å². The number of nitrogens with zero attached hydrogens (tertiary/aromatic N) is 4. The fourth-order valence-electron chi connectivity index (χ4n) is 4.00. The molecular formula is C19H28N6O2S. The Labute approximate surface area is 166 Å². The Balaban J connectivity index is 1.39. The molecule has 0 unspecified atom stereocenters. The van der Waals surface area contributed by atoms with Crippen LogP contribution in [0.5, 0.6) is 0 Å². The van der Waals surface area contributed by atoms with Gasteiger partial charge in [-0.25, -0.2) is 4.98 Å². The molecule has 2 aliphatic heterocycles. The molecule has 8 nitrogen and oxygen atoms in total. The number of hydrogen-bond acceptors (Lipinski definition) is 5. The van der Waals surface area contributed by atoms with Gasteiger partial charge < -0.3 is 5.32 Å². The lowest BCUT2D eigenvalue weighted by Crippen LogP contribution is -2.48. The summed E-state index contributed by atoms with van der Waals surface area (Å²) in [5.41, 5.74) is 1.99. The van der Waals surface area contributed by atoms with Crippen molar-refractivity contribution in [2.75, 3.05) is 31.5 Å². The van der Waals surface area contributed by atoms with Crippen LogP contribution in [-0.2, 0) is 10.2 Å². The van der Waals surface area contributed by atoms with Gasteiger partial charge in [0.05, 0.1) is 0 Å². The van der Waals surface area contributed by atoms with Gasteiger partial charge in [0.25, 0.3) is 10.2 Å². The Morgan fingerprint density at radius 3 is 2.43 bits per heavy atom. The maximum absolute atomic E-state index is 12.9. The van der Waals surface area contributed by atoms with E-state index in [0.29, 0.717) is 26.2 Å². The quantitative estimate of drug-likeness (QED) is 0.799. The maximum atomic E-state index is 12.9. The molecule has 0 saturated carbocycles. The first-order valence-corrected chi connectivity index (χ1v) is 11.4. The van der Waals surface area contributed by atoms with E-state index in [0.717, 1.165) is 55.1 Å². The van der Waals surface area contributed by atoms with E-state index >= 15 is 0 Å². The Morgan fingerprint density at radius 2 is 1.75 bits per heavy atom. The minimum atomic E-state index is -3.32. The van der Waals surface area contributed by atoms with E-state index in [-0.39, 0.29) is 5.92 Å². The fourth-order valence-corrected chi connectivity index (χ4v) is 5.72. The number of hydrogen-bond donors (Lipinski definition) is 2. The van der Waals surface area contributed by atoms with Crippen LogP contribution >= 0.6 is 0 Å². The highest BCUT2D eigenvalue weighted by Crippen LogP contribution is 2.30. The summed E-state index contributed by atoms with van der Waals surface area (Å²) in [6, 6.07) is 7.86. The van der Waals surface area contributed by atoms with E-state index in [1.807, 2.05) is 31.2 Å². The zero-order valence-corrected chi connectivity index (χ0v) is 17.1. The zero-order chi connectivity index (χ0) is 19.6. The lowest BCUT2D eigenvalue weighted by Gasteiger charge is -2.36. The number of pyridine rings is 1. The van der Waals surface area contributed by atoms with Crippen molar-refractivity contribution in [1.82, 2.24) is 23.8 Å². The van der Waals surface area contributed by atoms with E-state index in [1.54, 1.807) is 8.61 Å². The third-order valence-corrected chi connectivity index (χ3v) is 7.61. The molecule has 4 rings (SSSR count). The van der Waals surface area contributed by atoms with E-state index in [4.69, 9.17) is 4.98 Å². The van der Waals surface area contributed by atoms with Crippen LogP contribution in [0.1, 0.15) is 49.4 Å². The van der Waals surface area contributed by atoms with E-state index in [9.17, 15) is 8.42 Å². The largest absolute Gasteiger partial charge is 0.323 e. The van der Waals surface area contributed by atoms with Gasteiger partial charge in [-0.3, -0.25) is 5.10 Å². The summed E-state index contributed by atoms with van der Waals surface area (Å²) in [4.78, 5) is 4.73. The molecule has 0 bridgehead atoms. The topological polar surface area (TPSA) is 94.2 Å². The number of rotatable bonds is 5. The van der Waals surface area contributed by atoms with E-state index in [1.165, 1.54) is 0 Å². The molecule has 0 spiro atoms. The maximum Gasteiger partial charge on any atom is 0.281 e. The normalized spacial score (nSPS) is 20.3. The molecule has 2 saturated heterocycles. The lowest BCUT2D eigenvalue weighted by atomic mass is 9.94. The lowest BCUT2D eigenvalue weighted by molar-refractivity contribution is 0.269. The van der Waals surface area contributed by atoms with Crippen LogP contribution in [0.15, 0.2) is 24.3 Å². The fraction of sp³-hybridized carbons (Fsp3) is 0.579. The molecule has 2 fully saturated rings. The third kappa shape index (κ3) is 4.21. The summed E-state index contributed by atoms with van der Waals surface area (Å²) in [7, 11) is -3.32. The second-order valence-corrected chi connectivity index (χ2v) is 9.58. The molecule has 28 heavy (non-hydrogen) atoms. The van der Waals surface area contributed by atoms with Crippen LogP contribution in [0.2, 0.25) is 0 Å². The van der Waals surface area contributed by atoms with Gasteiger partial charge in [0.2, 0.25) is 0 Å². The SMILES string of the molecule is Cc1cc(Nc2cccc(C3CCN(S(=O)(=O)N4CCCCC4)CC3)n2)n[nH]1. The Hall–Kier alpha value is -1.97. The summed E-state index contributed by atoms with van der Waals surface area (Å²) >= 11 is 0. The molecule has 0 aromatic carbocycles. The second-order valence-electron chi connectivity index (χ2n) is 7.65. The minimum Gasteiger partial charge on any atom is -0.323 e. The highest BCUT2D eigenvalue weighted by molar-refractivity contribution is 7.86. The van der Waals surface area contributed by atoms with Gasteiger partial charge in [-0.2, -0.15) is 22.1 Å². The number of piperidine rings is 2. The molecule has 2 aromatic rings. The molecule has 4 heterocycles. The Morgan fingerprint density at radius 1 is 1.04 bits per heavy atom. The van der Waals surface area contributed by atoms with Gasteiger partial charge in [-0.05, 0) is 44.7 Å². The molecule has 2 aromatic heterocycles. The molecule has 0 aliphatic carbocycles. The Bertz CT molecular complexity index is 899. The molecule has 0 amide bonds. The third-order valence-electron chi connectivity index (χ3n) is 5.57. The van der Waals surface area contributed by atoms with Crippen LogP contribution in [0.25, 0.3) is 0 Å². The average molecular weight is 405 g/mol. The molecule has 2 aliphatic rings. The van der Waals surface area contributed by atoms with Crippen molar-refractivity contribution in [3.05, 3.63) is 35.7 Å². The van der Waals surface area contributed by atoms with Crippen molar-refractivity contribution in [3.63, 3.8) is 0 Å². The van der Waals surface area contributed by atoms with Crippen molar-refractivity contribution in [2.45, 2.75) is 44.9 Å². The molecule has 0 radical (unpaired) electrons. The predicted octanol–water partition coefficient (Wildman–Crippen LogP) is 2.77. The summed E-state index contributed by atoms with van der Waals surface area (Å²) in [6.45, 7) is 4.38. The highest BCUT2D eigenvalue weighted by atomic mass is 32.2. The van der Waals surface area contributed by atoms with Crippen LogP contribution in [0, 0.1) is 6.92 Å². The van der Waals surface area contributed by atoms with Gasteiger partial charge >= 0.3 is 0 Å². The van der Waals surface area contributed by atoms with Crippen LogP contribution in [0.4, 0.5) is 11.6 Å². The average Bonchev–Trinajstić information content (AvgIpc) is 3.13. The predicted molar refractivity (Wildman–Crippen MR) is 109 cm³/mol. The first kappa shape index (κ1) is 19.4. The number of anilines is 2. The summed E-state index contributed by atoms with van der Waals surface area (Å²) < 4.78 is 29.0. The number of nitrogens with one attached hydrogen (secondary N) is 2.